The van der Waals surface area contributed by atoms with Gasteiger partial charge in [-0.3, -0.25) is 5.43 Å². The first kappa shape index (κ1) is 6.36. The van der Waals surface area contributed by atoms with Gasteiger partial charge in [0.1, 0.15) is 0 Å². The minimum atomic E-state index is 0.193. The molecule has 0 aliphatic rings. The van der Waals surface area contributed by atoms with Crippen LogP contribution in [0.2, 0.25) is 0 Å². The third kappa shape index (κ3) is 5.36. The number of nitrogens with one attached hydrogen (secondary N) is 1. The maximum absolute atomic E-state index is 4.99. The molecule has 7 heavy (non-hydrogen) atoms. The van der Waals surface area contributed by atoms with Crippen molar-refractivity contribution in [3.05, 3.63) is 0 Å². The monoisotopic (exact) mass is 117 g/mol. The third-order valence-electron chi connectivity index (χ3n) is 0.304. The summed E-state index contributed by atoms with van der Waals surface area (Å²) in [5.41, 5.74) is 7.36. The molecule has 40 valence electrons. The van der Waals surface area contributed by atoms with Crippen molar-refractivity contribution < 1.29 is 0 Å². The highest BCUT2D eigenvalue weighted by atomic mass is 32.1. The van der Waals surface area contributed by atoms with Gasteiger partial charge in [0.2, 0.25) is 0 Å². The Morgan fingerprint density at radius 1 is 2.00 bits per heavy atom. The van der Waals surface area contributed by atoms with Gasteiger partial charge in [0.05, 0.1) is 0 Å². The molecule has 0 spiro atoms. The Morgan fingerprint density at radius 2 is 2.57 bits per heavy atom. The van der Waals surface area contributed by atoms with Gasteiger partial charge in [0.25, 0.3) is 0 Å². The summed E-state index contributed by atoms with van der Waals surface area (Å²) in [6.45, 7) is 1.77. The van der Waals surface area contributed by atoms with E-state index in [2.05, 4.69) is 22.7 Å². The van der Waals surface area contributed by atoms with Crippen LogP contribution in [0.3, 0.4) is 0 Å². The zero-order chi connectivity index (χ0) is 5.70. The van der Waals surface area contributed by atoms with E-state index in [9.17, 15) is 0 Å². The van der Waals surface area contributed by atoms with Crippen LogP contribution in [-0.2, 0) is 0 Å². The first-order valence-electron chi connectivity index (χ1n) is 1.80. The fourth-order valence-electron chi connectivity index (χ4n) is 0.128. The van der Waals surface area contributed by atoms with Gasteiger partial charge >= 0.3 is 0 Å². The Morgan fingerprint density at radius 3 is 2.71 bits per heavy atom. The highest BCUT2D eigenvalue weighted by molar-refractivity contribution is 7.80. The molecule has 0 aliphatic carbocycles. The number of hydrogen-bond donors (Lipinski definition) is 2. The molecule has 0 aromatic heterocycles. The standard InChI is InChI=1S/C3H7N3S/c1-2-5-6-3(4)7/h2H,1H3,(H3,4,6,7)/b5-2-. The highest BCUT2D eigenvalue weighted by Crippen LogP contribution is 1.55. The van der Waals surface area contributed by atoms with Gasteiger partial charge < -0.3 is 5.73 Å². The van der Waals surface area contributed by atoms with E-state index in [0.717, 1.165) is 0 Å². The van der Waals surface area contributed by atoms with Crippen LogP contribution in [0.4, 0.5) is 0 Å². The summed E-state index contributed by atoms with van der Waals surface area (Å²) >= 11 is 4.41. The van der Waals surface area contributed by atoms with Gasteiger partial charge in [-0.25, -0.2) is 0 Å². The smallest absolute Gasteiger partial charge is 0.184 e. The summed E-state index contributed by atoms with van der Waals surface area (Å²) < 4.78 is 0. The lowest BCUT2D eigenvalue weighted by molar-refractivity contribution is 1.04. The minimum Gasteiger partial charge on any atom is -0.375 e. The molecular formula is C3H7N3S. The van der Waals surface area contributed by atoms with Crippen LogP contribution >= 0.6 is 12.2 Å². The minimum absolute atomic E-state index is 0.193. The van der Waals surface area contributed by atoms with Gasteiger partial charge in [-0.2, -0.15) is 5.10 Å². The number of rotatable bonds is 1. The lowest BCUT2D eigenvalue weighted by Gasteiger charge is -1.88. The number of nitrogens with two attached hydrogens (primary N) is 1. The molecule has 0 amide bonds. The van der Waals surface area contributed by atoms with E-state index in [-0.39, 0.29) is 5.11 Å². The fraction of sp³-hybridized carbons (Fsp3) is 0.333. The molecule has 0 aromatic rings. The maximum atomic E-state index is 4.99. The largest absolute Gasteiger partial charge is 0.375 e. The van der Waals surface area contributed by atoms with Crippen LogP contribution in [0, 0.1) is 0 Å². The van der Waals surface area contributed by atoms with Gasteiger partial charge in [0.15, 0.2) is 5.11 Å². The van der Waals surface area contributed by atoms with Crippen LogP contribution in [-0.4, -0.2) is 11.3 Å². The van der Waals surface area contributed by atoms with Crippen molar-refractivity contribution in [2.45, 2.75) is 6.92 Å². The van der Waals surface area contributed by atoms with Crippen molar-refractivity contribution in [3.63, 3.8) is 0 Å². The van der Waals surface area contributed by atoms with Crippen molar-refractivity contribution in [2.75, 3.05) is 0 Å². The highest BCUT2D eigenvalue weighted by Gasteiger charge is 1.72. The van der Waals surface area contributed by atoms with Gasteiger partial charge in [-0.15, -0.1) is 0 Å². The normalized spacial score (nSPS) is 9.29. The van der Waals surface area contributed by atoms with Crippen LogP contribution < -0.4 is 11.2 Å². The Hall–Kier alpha value is -0.640. The van der Waals surface area contributed by atoms with Crippen molar-refractivity contribution in [1.29, 1.82) is 0 Å². The van der Waals surface area contributed by atoms with E-state index in [0.29, 0.717) is 0 Å². The van der Waals surface area contributed by atoms with Crippen molar-refractivity contribution in [1.82, 2.24) is 5.43 Å². The van der Waals surface area contributed by atoms with Gasteiger partial charge in [-0.05, 0) is 19.1 Å². The quantitative estimate of drug-likeness (QED) is 0.285. The topological polar surface area (TPSA) is 50.4 Å². The van der Waals surface area contributed by atoms with Crippen molar-refractivity contribution in [3.8, 4) is 0 Å². The molecule has 0 heterocycles. The van der Waals surface area contributed by atoms with E-state index in [1.54, 1.807) is 13.1 Å². The summed E-state index contributed by atoms with van der Waals surface area (Å²) in [4.78, 5) is 0. The van der Waals surface area contributed by atoms with E-state index in [4.69, 9.17) is 5.73 Å². The van der Waals surface area contributed by atoms with Crippen molar-refractivity contribution >= 4 is 23.5 Å². The average molecular weight is 117 g/mol. The molecule has 3 nitrogen and oxygen atoms in total. The number of hydrazone groups is 1. The second-order valence-electron chi connectivity index (χ2n) is 0.863. The molecule has 0 rings (SSSR count). The van der Waals surface area contributed by atoms with Crippen LogP contribution in [0.1, 0.15) is 6.92 Å². The summed E-state index contributed by atoms with van der Waals surface area (Å²) in [5, 5.41) is 3.72. The zero-order valence-electron chi connectivity index (χ0n) is 4.01. The van der Waals surface area contributed by atoms with Crippen LogP contribution in [0.25, 0.3) is 0 Å². The van der Waals surface area contributed by atoms with E-state index < -0.39 is 0 Å². The summed E-state index contributed by atoms with van der Waals surface area (Å²) in [6, 6.07) is 0. The van der Waals surface area contributed by atoms with Gasteiger partial charge in [0, 0.05) is 6.21 Å². The fourth-order valence-corrected chi connectivity index (χ4v) is 0.181. The molecular weight excluding hydrogens is 110 g/mol. The van der Waals surface area contributed by atoms with E-state index in [1.807, 2.05) is 0 Å². The number of hydrogen-bond acceptors (Lipinski definition) is 2. The number of nitrogens with zero attached hydrogens (tertiary/aromatic N) is 1. The lowest BCUT2D eigenvalue weighted by atomic mass is 10.9. The summed E-state index contributed by atoms with van der Waals surface area (Å²) in [5.74, 6) is 0. The Labute approximate surface area is 47.6 Å². The lowest BCUT2D eigenvalue weighted by Crippen LogP contribution is -2.23. The van der Waals surface area contributed by atoms with Crippen LogP contribution in [0.5, 0.6) is 0 Å². The van der Waals surface area contributed by atoms with Crippen molar-refractivity contribution in [2.24, 2.45) is 10.8 Å². The summed E-state index contributed by atoms with van der Waals surface area (Å²) in [7, 11) is 0. The second-order valence-corrected chi connectivity index (χ2v) is 1.30. The average Bonchev–Trinajstić information content (AvgIpc) is 1.61. The molecule has 0 aromatic carbocycles. The van der Waals surface area contributed by atoms with Crippen LogP contribution in [0.15, 0.2) is 5.10 Å². The molecule has 4 heteroatoms. The molecule has 0 saturated carbocycles. The second kappa shape index (κ2) is 3.55. The summed E-state index contributed by atoms with van der Waals surface area (Å²) in [6.07, 6.45) is 1.57. The third-order valence-corrected chi connectivity index (χ3v) is 0.395. The maximum Gasteiger partial charge on any atom is 0.184 e. The number of thiocarbonyl (C=S) groups is 1. The molecule has 0 unspecified atom stereocenters. The van der Waals surface area contributed by atoms with E-state index in [1.165, 1.54) is 0 Å². The van der Waals surface area contributed by atoms with E-state index >= 15 is 0 Å². The predicted molar refractivity (Wildman–Crippen MR) is 34.1 cm³/mol. The Kier molecular flexibility index (Phi) is 3.22. The molecule has 0 bridgehead atoms. The first-order valence-corrected chi connectivity index (χ1v) is 2.21. The Bertz CT molecular complexity index is 88.2. The molecule has 0 atom stereocenters. The molecule has 3 N–H and O–H groups in total. The predicted octanol–water partition coefficient (Wildman–Crippen LogP) is -0.175. The molecule has 0 fully saturated rings. The SMILES string of the molecule is C/C=N\NC(N)=S. The molecule has 0 saturated heterocycles. The first-order chi connectivity index (χ1) is 3.27. The van der Waals surface area contributed by atoms with Gasteiger partial charge in [-0.1, -0.05) is 0 Å². The zero-order valence-corrected chi connectivity index (χ0v) is 4.83. The molecule has 0 aliphatic heterocycles. The Balaban J connectivity index is 3.14. The molecule has 0 radical (unpaired) electrons.